The quantitative estimate of drug-likeness (QED) is 0.687. The molecule has 1 rings (SSSR count). The minimum atomic E-state index is 0.968. The van der Waals surface area contributed by atoms with E-state index < -0.39 is 0 Å². The number of methoxy groups -OCH3 is 1. The molecule has 0 saturated heterocycles. The number of hydrogen-bond donors (Lipinski definition) is 0. The summed E-state index contributed by atoms with van der Waals surface area (Å²) >= 11 is 4.58. The van der Waals surface area contributed by atoms with Crippen LogP contribution in [0.2, 0.25) is 0 Å². The van der Waals surface area contributed by atoms with Crippen LogP contribution >= 0.6 is 45.2 Å². The van der Waals surface area contributed by atoms with Crippen molar-refractivity contribution in [1.82, 2.24) is 0 Å². The second kappa shape index (κ2) is 3.93. The van der Waals surface area contributed by atoms with Gasteiger partial charge in [-0.15, -0.1) is 0 Å². The summed E-state index contributed by atoms with van der Waals surface area (Å²) in [6, 6.07) is 4.18. The van der Waals surface area contributed by atoms with E-state index in [0.29, 0.717) is 0 Å². The number of benzene rings is 1. The summed E-state index contributed by atoms with van der Waals surface area (Å²) in [5, 5.41) is 0. The summed E-state index contributed by atoms with van der Waals surface area (Å²) < 4.78 is 7.61. The van der Waals surface area contributed by atoms with Crippen molar-refractivity contribution in [1.29, 1.82) is 0 Å². The van der Waals surface area contributed by atoms with Crippen molar-refractivity contribution in [3.63, 3.8) is 0 Å². The summed E-state index contributed by atoms with van der Waals surface area (Å²) in [7, 11) is 1.70. The van der Waals surface area contributed by atoms with Crippen molar-refractivity contribution in [3.8, 4) is 5.75 Å². The van der Waals surface area contributed by atoms with Gasteiger partial charge >= 0.3 is 0 Å². The Balaban J connectivity index is 3.24. The Labute approximate surface area is 93.8 Å². The normalized spacial score (nSPS) is 9.82. The lowest BCUT2D eigenvalue weighted by molar-refractivity contribution is 0.411. The van der Waals surface area contributed by atoms with Crippen LogP contribution in [-0.2, 0) is 0 Å². The Hall–Kier alpha value is 0.480. The fourth-order valence-electron chi connectivity index (χ4n) is 0.843. The summed E-state index contributed by atoms with van der Waals surface area (Å²) in [5.41, 5.74) is 1.27. The van der Waals surface area contributed by atoms with E-state index >= 15 is 0 Å². The molecule has 0 fully saturated rings. The molecule has 1 aromatic carbocycles. The van der Waals surface area contributed by atoms with Crippen molar-refractivity contribution >= 4 is 45.2 Å². The smallest absolute Gasteiger partial charge is 0.133 e. The van der Waals surface area contributed by atoms with Crippen molar-refractivity contribution in [3.05, 3.63) is 24.8 Å². The first kappa shape index (κ1) is 9.57. The molecule has 0 aliphatic heterocycles. The molecule has 0 spiro atoms. The second-order valence-electron chi connectivity index (χ2n) is 2.24. The fourth-order valence-corrected chi connectivity index (χ4v) is 2.12. The zero-order valence-corrected chi connectivity index (χ0v) is 10.6. The highest BCUT2D eigenvalue weighted by atomic mass is 127. The second-order valence-corrected chi connectivity index (χ2v) is 4.56. The van der Waals surface area contributed by atoms with Crippen LogP contribution in [0.15, 0.2) is 12.1 Å². The molecule has 1 nitrogen and oxygen atoms in total. The lowest BCUT2D eigenvalue weighted by Crippen LogP contribution is -1.90. The van der Waals surface area contributed by atoms with Gasteiger partial charge in [-0.1, -0.05) is 0 Å². The molecule has 0 radical (unpaired) electrons. The van der Waals surface area contributed by atoms with Gasteiger partial charge in [0.25, 0.3) is 0 Å². The summed E-state index contributed by atoms with van der Waals surface area (Å²) in [6.07, 6.45) is 0. The Morgan fingerprint density at radius 1 is 1.27 bits per heavy atom. The van der Waals surface area contributed by atoms with Gasteiger partial charge in [-0.05, 0) is 69.8 Å². The van der Waals surface area contributed by atoms with Crippen LogP contribution < -0.4 is 4.74 Å². The van der Waals surface area contributed by atoms with E-state index in [1.165, 1.54) is 12.7 Å². The summed E-state index contributed by atoms with van der Waals surface area (Å²) in [5.74, 6) is 0.968. The maximum atomic E-state index is 5.19. The van der Waals surface area contributed by atoms with Crippen LogP contribution in [-0.4, -0.2) is 7.11 Å². The topological polar surface area (TPSA) is 9.23 Å². The zero-order chi connectivity index (χ0) is 8.43. The molecule has 1 aromatic rings. The summed E-state index contributed by atoms with van der Waals surface area (Å²) in [4.78, 5) is 0. The first-order chi connectivity index (χ1) is 5.15. The van der Waals surface area contributed by atoms with Crippen molar-refractivity contribution in [2.45, 2.75) is 6.92 Å². The Kier molecular flexibility index (Phi) is 3.42. The molecular weight excluding hydrogens is 366 g/mol. The van der Waals surface area contributed by atoms with Crippen LogP contribution in [0.5, 0.6) is 5.75 Å². The molecule has 0 aromatic heterocycles. The first-order valence-electron chi connectivity index (χ1n) is 3.15. The SMILES string of the molecule is COc1cc(I)cc(C)c1I. The van der Waals surface area contributed by atoms with E-state index in [9.17, 15) is 0 Å². The molecule has 11 heavy (non-hydrogen) atoms. The molecule has 0 amide bonds. The van der Waals surface area contributed by atoms with Crippen LogP contribution in [0.1, 0.15) is 5.56 Å². The molecule has 3 heteroatoms. The molecule has 0 N–H and O–H groups in total. The minimum Gasteiger partial charge on any atom is -0.496 e. The van der Waals surface area contributed by atoms with Gasteiger partial charge in [0, 0.05) is 3.57 Å². The molecule has 0 saturated carbocycles. The standard InChI is InChI=1S/C8H8I2O/c1-5-3-6(9)4-7(11-2)8(5)10/h3-4H,1-2H3. The van der Waals surface area contributed by atoms with Crippen LogP contribution in [0, 0.1) is 14.1 Å². The van der Waals surface area contributed by atoms with E-state index in [-0.39, 0.29) is 0 Å². The predicted molar refractivity (Wildman–Crippen MR) is 63.2 cm³/mol. The monoisotopic (exact) mass is 374 g/mol. The molecule has 0 heterocycles. The number of rotatable bonds is 1. The molecule has 0 aliphatic rings. The molecular formula is C8H8I2O. The highest BCUT2D eigenvalue weighted by Crippen LogP contribution is 2.26. The van der Waals surface area contributed by atoms with Crippen molar-refractivity contribution in [2.75, 3.05) is 7.11 Å². The average Bonchev–Trinajstić information content (AvgIpc) is 1.96. The maximum absolute atomic E-state index is 5.19. The van der Waals surface area contributed by atoms with Crippen LogP contribution in [0.25, 0.3) is 0 Å². The van der Waals surface area contributed by atoms with Gasteiger partial charge in [-0.25, -0.2) is 0 Å². The van der Waals surface area contributed by atoms with Crippen molar-refractivity contribution < 1.29 is 4.74 Å². The molecule has 60 valence electrons. The molecule has 0 aliphatic carbocycles. The lowest BCUT2D eigenvalue weighted by atomic mass is 10.2. The first-order valence-corrected chi connectivity index (χ1v) is 5.30. The Bertz CT molecular complexity index is 271. The number of ether oxygens (including phenoxy) is 1. The summed E-state index contributed by atoms with van der Waals surface area (Å²) in [6.45, 7) is 2.09. The Morgan fingerprint density at radius 3 is 2.45 bits per heavy atom. The average molecular weight is 374 g/mol. The molecule has 0 unspecified atom stereocenters. The maximum Gasteiger partial charge on any atom is 0.133 e. The molecule has 0 bridgehead atoms. The van der Waals surface area contributed by atoms with Gasteiger partial charge in [0.05, 0.1) is 10.7 Å². The molecule has 0 atom stereocenters. The number of aryl methyl sites for hydroxylation is 1. The van der Waals surface area contributed by atoms with E-state index in [0.717, 1.165) is 5.75 Å². The Morgan fingerprint density at radius 2 is 1.91 bits per heavy atom. The van der Waals surface area contributed by atoms with Gasteiger partial charge < -0.3 is 4.74 Å². The third kappa shape index (κ3) is 2.21. The van der Waals surface area contributed by atoms with E-state index in [1.807, 2.05) is 6.07 Å². The highest BCUT2D eigenvalue weighted by molar-refractivity contribution is 14.1. The van der Waals surface area contributed by atoms with Gasteiger partial charge in [-0.2, -0.15) is 0 Å². The third-order valence-corrected chi connectivity index (χ3v) is 3.41. The van der Waals surface area contributed by atoms with E-state index in [1.54, 1.807) is 7.11 Å². The predicted octanol–water partition coefficient (Wildman–Crippen LogP) is 3.21. The van der Waals surface area contributed by atoms with Gasteiger partial charge in [0.15, 0.2) is 0 Å². The van der Waals surface area contributed by atoms with E-state index in [2.05, 4.69) is 58.2 Å². The van der Waals surface area contributed by atoms with E-state index in [4.69, 9.17) is 4.74 Å². The highest BCUT2D eigenvalue weighted by Gasteiger charge is 2.03. The van der Waals surface area contributed by atoms with Gasteiger partial charge in [0.2, 0.25) is 0 Å². The zero-order valence-electron chi connectivity index (χ0n) is 6.32. The number of hydrogen-bond acceptors (Lipinski definition) is 1. The fraction of sp³-hybridized carbons (Fsp3) is 0.250. The largest absolute Gasteiger partial charge is 0.496 e. The van der Waals surface area contributed by atoms with Crippen LogP contribution in [0.4, 0.5) is 0 Å². The van der Waals surface area contributed by atoms with Crippen molar-refractivity contribution in [2.24, 2.45) is 0 Å². The van der Waals surface area contributed by atoms with Gasteiger partial charge in [-0.3, -0.25) is 0 Å². The van der Waals surface area contributed by atoms with Crippen LogP contribution in [0.3, 0.4) is 0 Å². The minimum absolute atomic E-state index is 0.968. The third-order valence-electron chi connectivity index (χ3n) is 1.41. The number of halogens is 2. The lowest BCUT2D eigenvalue weighted by Gasteiger charge is -2.05. The van der Waals surface area contributed by atoms with Gasteiger partial charge in [0.1, 0.15) is 5.75 Å².